The molecule has 1 N–H and O–H groups in total. The van der Waals surface area contributed by atoms with Crippen molar-refractivity contribution in [1.29, 1.82) is 0 Å². The van der Waals surface area contributed by atoms with E-state index in [1.165, 1.54) is 19.0 Å². The van der Waals surface area contributed by atoms with Crippen molar-refractivity contribution >= 4 is 5.97 Å². The maximum Gasteiger partial charge on any atom is 0.337 e. The molecule has 0 radical (unpaired) electrons. The molecule has 0 fully saturated rings. The minimum Gasteiger partial charge on any atom is -0.465 e. The molecule has 3 aromatic rings. The molecule has 8 nitrogen and oxygen atoms in total. The molecule has 1 aromatic carbocycles. The fourth-order valence-electron chi connectivity index (χ4n) is 3.31. The number of aromatic amines is 1. The zero-order chi connectivity index (χ0) is 17.2. The fourth-order valence-corrected chi connectivity index (χ4v) is 3.31. The maximum absolute atomic E-state index is 11.8. The summed E-state index contributed by atoms with van der Waals surface area (Å²) in [5.41, 5.74) is 2.99. The van der Waals surface area contributed by atoms with Gasteiger partial charge in [-0.3, -0.25) is 5.10 Å². The Bertz CT molecular complexity index is 888. The molecule has 0 aliphatic heterocycles. The largest absolute Gasteiger partial charge is 0.465 e. The van der Waals surface area contributed by atoms with Crippen molar-refractivity contribution in [1.82, 2.24) is 25.3 Å². The lowest BCUT2D eigenvalue weighted by Gasteiger charge is -2.24. The van der Waals surface area contributed by atoms with E-state index in [0.29, 0.717) is 29.5 Å². The van der Waals surface area contributed by atoms with Gasteiger partial charge in [-0.15, -0.1) is 0 Å². The van der Waals surface area contributed by atoms with Crippen LogP contribution in [-0.2, 0) is 17.6 Å². The molecule has 2 aromatic heterocycles. The molecule has 1 aliphatic carbocycles. The number of H-pyrrole nitrogens is 1. The summed E-state index contributed by atoms with van der Waals surface area (Å²) in [6.45, 7) is 0. The zero-order valence-electron chi connectivity index (χ0n) is 13.7. The van der Waals surface area contributed by atoms with Crippen LogP contribution in [0.15, 0.2) is 29.0 Å². The van der Waals surface area contributed by atoms with Crippen molar-refractivity contribution in [3.63, 3.8) is 0 Å². The Balaban J connectivity index is 1.59. The van der Waals surface area contributed by atoms with Crippen molar-refractivity contribution in [2.45, 2.75) is 31.6 Å². The molecule has 0 amide bonds. The van der Waals surface area contributed by atoms with Crippen molar-refractivity contribution < 1.29 is 14.1 Å². The highest BCUT2D eigenvalue weighted by Gasteiger charge is 2.24. The fraction of sp³-hybridized carbons (Fsp3) is 0.353. The highest BCUT2D eigenvalue weighted by molar-refractivity contribution is 5.89. The first-order valence-corrected chi connectivity index (χ1v) is 8.14. The molecule has 1 unspecified atom stereocenters. The lowest BCUT2D eigenvalue weighted by atomic mass is 9.80. The highest BCUT2D eigenvalue weighted by Crippen LogP contribution is 2.34. The Morgan fingerprint density at radius 2 is 2.36 bits per heavy atom. The topological polar surface area (TPSA) is 107 Å². The zero-order valence-corrected chi connectivity index (χ0v) is 13.7. The molecule has 0 saturated heterocycles. The monoisotopic (exact) mass is 339 g/mol. The third kappa shape index (κ3) is 3.02. The lowest BCUT2D eigenvalue weighted by molar-refractivity contribution is 0.0600. The van der Waals surface area contributed by atoms with E-state index in [2.05, 4.69) is 25.3 Å². The molecule has 0 saturated carbocycles. The smallest absolute Gasteiger partial charge is 0.337 e. The lowest BCUT2D eigenvalue weighted by Crippen LogP contribution is -2.14. The highest BCUT2D eigenvalue weighted by atomic mass is 16.5. The van der Waals surface area contributed by atoms with Crippen LogP contribution in [-0.4, -0.2) is 38.4 Å². The molecule has 25 heavy (non-hydrogen) atoms. The van der Waals surface area contributed by atoms with Gasteiger partial charge in [-0.1, -0.05) is 11.2 Å². The van der Waals surface area contributed by atoms with Gasteiger partial charge in [-0.05, 0) is 48.4 Å². The van der Waals surface area contributed by atoms with Crippen molar-refractivity contribution in [2.75, 3.05) is 7.11 Å². The van der Waals surface area contributed by atoms with Crippen LogP contribution >= 0.6 is 0 Å². The summed E-state index contributed by atoms with van der Waals surface area (Å²) in [7, 11) is 1.39. The van der Waals surface area contributed by atoms with E-state index >= 15 is 0 Å². The number of nitrogens with zero attached hydrogens (tertiary/aromatic N) is 4. The summed E-state index contributed by atoms with van der Waals surface area (Å²) in [5.74, 6) is 1.33. The van der Waals surface area contributed by atoms with Crippen LogP contribution in [0.5, 0.6) is 0 Å². The molecule has 2 heterocycles. The number of fused-ring (bicyclic) bond motifs is 1. The predicted octanol–water partition coefficient (Wildman–Crippen LogP) is 2.30. The van der Waals surface area contributed by atoms with Crippen LogP contribution < -0.4 is 0 Å². The van der Waals surface area contributed by atoms with Gasteiger partial charge in [0.15, 0.2) is 5.82 Å². The van der Waals surface area contributed by atoms with Crippen molar-refractivity contribution in [3.05, 3.63) is 47.1 Å². The number of methoxy groups -OCH3 is 1. The van der Waals surface area contributed by atoms with Gasteiger partial charge in [0.05, 0.1) is 12.7 Å². The number of benzene rings is 1. The second-order valence-corrected chi connectivity index (χ2v) is 6.04. The number of hydrogen-bond acceptors (Lipinski definition) is 7. The summed E-state index contributed by atoms with van der Waals surface area (Å²) >= 11 is 0. The van der Waals surface area contributed by atoms with Gasteiger partial charge in [0.1, 0.15) is 6.33 Å². The molecule has 1 aliphatic rings. The molecule has 4 rings (SSSR count). The number of hydrogen-bond donors (Lipinski definition) is 1. The molecular weight excluding hydrogens is 322 g/mol. The summed E-state index contributed by atoms with van der Waals surface area (Å²) in [6.07, 6.45) is 5.15. The third-order valence-corrected chi connectivity index (χ3v) is 4.52. The van der Waals surface area contributed by atoms with Crippen LogP contribution in [0.3, 0.4) is 0 Å². The number of aromatic nitrogens is 5. The van der Waals surface area contributed by atoms with Gasteiger partial charge in [0, 0.05) is 6.42 Å². The van der Waals surface area contributed by atoms with Crippen LogP contribution in [0.25, 0.3) is 11.6 Å². The van der Waals surface area contributed by atoms with E-state index in [-0.39, 0.29) is 11.9 Å². The van der Waals surface area contributed by atoms with E-state index in [9.17, 15) is 4.79 Å². The van der Waals surface area contributed by atoms with Crippen molar-refractivity contribution in [3.8, 4) is 11.6 Å². The molecule has 0 spiro atoms. The molecule has 1 atom stereocenters. The predicted molar refractivity (Wildman–Crippen MR) is 86.8 cm³/mol. The van der Waals surface area contributed by atoms with E-state index in [4.69, 9.17) is 9.26 Å². The number of carbonyl (C=O) groups is 1. The van der Waals surface area contributed by atoms with Gasteiger partial charge in [-0.2, -0.15) is 10.1 Å². The van der Waals surface area contributed by atoms with Crippen LogP contribution in [0, 0.1) is 0 Å². The Morgan fingerprint density at radius 1 is 1.44 bits per heavy atom. The first-order chi connectivity index (χ1) is 12.2. The number of ether oxygens (including phenoxy) is 1. The summed E-state index contributed by atoms with van der Waals surface area (Å²) in [4.78, 5) is 20.2. The third-order valence-electron chi connectivity index (χ3n) is 4.52. The Hall–Kier alpha value is -3.03. The van der Waals surface area contributed by atoms with Gasteiger partial charge in [-0.25, -0.2) is 9.78 Å². The van der Waals surface area contributed by atoms with E-state index in [0.717, 1.165) is 24.8 Å². The van der Waals surface area contributed by atoms with E-state index < -0.39 is 0 Å². The summed E-state index contributed by atoms with van der Waals surface area (Å²) < 4.78 is 10.2. The minimum absolute atomic E-state index is 0.233. The van der Waals surface area contributed by atoms with Crippen LogP contribution in [0.4, 0.5) is 0 Å². The number of nitrogens with one attached hydrogen (secondary N) is 1. The molecular formula is C17H17N5O3. The summed E-state index contributed by atoms with van der Waals surface area (Å²) in [5, 5.41) is 10.4. The average molecular weight is 339 g/mol. The summed E-state index contributed by atoms with van der Waals surface area (Å²) in [6, 6.07) is 5.77. The Morgan fingerprint density at radius 3 is 3.16 bits per heavy atom. The number of aryl methyl sites for hydroxylation is 1. The number of carbonyl (C=O) groups excluding carboxylic acids is 1. The SMILES string of the molecule is COC(=O)c1ccc2c(c1)C(Cc1nc(-c3ncn[nH]3)no1)CCC2. The average Bonchev–Trinajstić information content (AvgIpc) is 3.32. The number of esters is 1. The Labute approximate surface area is 143 Å². The second-order valence-electron chi connectivity index (χ2n) is 6.04. The van der Waals surface area contributed by atoms with Gasteiger partial charge in [0.2, 0.25) is 11.7 Å². The first-order valence-electron chi connectivity index (χ1n) is 8.14. The van der Waals surface area contributed by atoms with E-state index in [1.54, 1.807) is 0 Å². The standard InChI is InChI=1S/C17H17N5O3/c1-24-17(23)12-6-5-10-3-2-4-11(13(10)7-12)8-14-20-16(22-25-14)15-18-9-19-21-15/h5-7,9,11H,2-4,8H2,1H3,(H,18,19,21). The van der Waals surface area contributed by atoms with Gasteiger partial charge in [0.25, 0.3) is 0 Å². The van der Waals surface area contributed by atoms with Gasteiger partial charge < -0.3 is 9.26 Å². The molecule has 8 heteroatoms. The first kappa shape index (κ1) is 15.5. The van der Waals surface area contributed by atoms with Crippen molar-refractivity contribution in [2.24, 2.45) is 0 Å². The Kier molecular flexibility index (Phi) is 4.01. The number of rotatable bonds is 4. The quantitative estimate of drug-likeness (QED) is 0.727. The van der Waals surface area contributed by atoms with Crippen LogP contribution in [0.1, 0.15) is 46.1 Å². The maximum atomic E-state index is 11.8. The van der Waals surface area contributed by atoms with Gasteiger partial charge >= 0.3 is 5.97 Å². The minimum atomic E-state index is -0.322. The molecule has 128 valence electrons. The van der Waals surface area contributed by atoms with E-state index in [1.807, 2.05) is 18.2 Å². The second kappa shape index (κ2) is 6.46. The molecule has 0 bridgehead atoms. The normalized spacial score (nSPS) is 16.4. The van der Waals surface area contributed by atoms with Crippen LogP contribution in [0.2, 0.25) is 0 Å².